The van der Waals surface area contributed by atoms with Crippen LogP contribution in [0.25, 0.3) is 0 Å². The summed E-state index contributed by atoms with van der Waals surface area (Å²) in [7, 11) is -2.13. The molecule has 1 atom stereocenters. The van der Waals surface area contributed by atoms with Gasteiger partial charge < -0.3 is 10.5 Å². The van der Waals surface area contributed by atoms with Gasteiger partial charge in [-0.3, -0.25) is 0 Å². The lowest BCUT2D eigenvalue weighted by atomic mass is 10.2. The number of methoxy groups -OCH3 is 1. The van der Waals surface area contributed by atoms with E-state index >= 15 is 0 Å². The highest BCUT2D eigenvalue weighted by atomic mass is 32.2. The number of thioether (sulfide) groups is 1. The summed E-state index contributed by atoms with van der Waals surface area (Å²) >= 11 is 1.83. The third-order valence-electron chi connectivity index (χ3n) is 3.25. The van der Waals surface area contributed by atoms with Gasteiger partial charge >= 0.3 is 0 Å². The van der Waals surface area contributed by atoms with E-state index in [4.69, 9.17) is 10.5 Å². The summed E-state index contributed by atoms with van der Waals surface area (Å²) in [6, 6.07) is 4.56. The van der Waals surface area contributed by atoms with Gasteiger partial charge in [-0.15, -0.1) is 0 Å². The number of nitrogens with two attached hydrogens (primary N) is 1. The van der Waals surface area contributed by atoms with Crippen molar-refractivity contribution in [2.45, 2.75) is 29.4 Å². The maximum absolute atomic E-state index is 12.3. The molecular weight excluding hydrogens is 296 g/mol. The van der Waals surface area contributed by atoms with E-state index in [-0.39, 0.29) is 10.6 Å². The van der Waals surface area contributed by atoms with Crippen molar-refractivity contribution in [1.82, 2.24) is 4.72 Å². The Balaban J connectivity index is 2.09. The summed E-state index contributed by atoms with van der Waals surface area (Å²) in [5.41, 5.74) is 6.11. The van der Waals surface area contributed by atoms with E-state index in [0.29, 0.717) is 17.5 Å². The normalized spacial score (nSPS) is 19.8. The quantitative estimate of drug-likeness (QED) is 0.810. The minimum absolute atomic E-state index is 0.134. The Bertz CT molecular complexity index is 555. The number of ether oxygens (including phenoxy) is 1. The molecule has 0 amide bonds. The van der Waals surface area contributed by atoms with E-state index in [9.17, 15) is 8.42 Å². The van der Waals surface area contributed by atoms with Crippen LogP contribution in [0.5, 0.6) is 5.75 Å². The predicted octanol–water partition coefficient (Wildman–Crippen LogP) is 1.84. The molecular formula is C13H20N2O3S2. The Morgan fingerprint density at radius 3 is 2.90 bits per heavy atom. The molecule has 0 bridgehead atoms. The van der Waals surface area contributed by atoms with Crippen molar-refractivity contribution in [3.8, 4) is 5.75 Å². The smallest absolute Gasteiger partial charge is 0.244 e. The van der Waals surface area contributed by atoms with E-state index in [2.05, 4.69) is 4.72 Å². The largest absolute Gasteiger partial charge is 0.495 e. The van der Waals surface area contributed by atoms with Gasteiger partial charge in [-0.2, -0.15) is 11.8 Å². The fourth-order valence-electron chi connectivity index (χ4n) is 2.15. The zero-order chi connectivity index (χ0) is 14.6. The second kappa shape index (κ2) is 6.69. The summed E-state index contributed by atoms with van der Waals surface area (Å²) in [5.74, 6) is 1.38. The Morgan fingerprint density at radius 1 is 1.45 bits per heavy atom. The minimum atomic E-state index is -3.56. The predicted molar refractivity (Wildman–Crippen MR) is 82.7 cm³/mol. The summed E-state index contributed by atoms with van der Waals surface area (Å²) in [5, 5.41) is 0.360. The molecule has 1 unspecified atom stereocenters. The van der Waals surface area contributed by atoms with E-state index < -0.39 is 10.0 Å². The fourth-order valence-corrected chi connectivity index (χ4v) is 4.73. The topological polar surface area (TPSA) is 81.4 Å². The standard InChI is InChI=1S/C13H20N2O3S2/c1-18-12-8-10(14)5-6-13(12)20(16,17)15-9-11-4-2-3-7-19-11/h5-6,8,11,15H,2-4,7,9,14H2,1H3. The Kier molecular flexibility index (Phi) is 5.17. The summed E-state index contributed by atoms with van der Waals surface area (Å²) in [6.45, 7) is 0.459. The van der Waals surface area contributed by atoms with Crippen LogP contribution in [0.2, 0.25) is 0 Å². The lowest BCUT2D eigenvalue weighted by molar-refractivity contribution is 0.402. The first kappa shape index (κ1) is 15.5. The minimum Gasteiger partial charge on any atom is -0.495 e. The van der Waals surface area contributed by atoms with Crippen molar-refractivity contribution in [3.63, 3.8) is 0 Å². The van der Waals surface area contributed by atoms with Crippen LogP contribution < -0.4 is 15.2 Å². The van der Waals surface area contributed by atoms with Gasteiger partial charge in [0.2, 0.25) is 10.0 Å². The van der Waals surface area contributed by atoms with Gasteiger partial charge in [0.25, 0.3) is 0 Å². The highest BCUT2D eigenvalue weighted by Crippen LogP contribution is 2.27. The average molecular weight is 316 g/mol. The molecule has 0 spiro atoms. The second-order valence-electron chi connectivity index (χ2n) is 4.75. The van der Waals surface area contributed by atoms with Gasteiger partial charge in [0.15, 0.2) is 0 Å². The number of hydrogen-bond acceptors (Lipinski definition) is 5. The van der Waals surface area contributed by atoms with Crippen LogP contribution in [0.1, 0.15) is 19.3 Å². The summed E-state index contributed by atoms with van der Waals surface area (Å²) < 4.78 is 32.4. The molecule has 1 saturated heterocycles. The molecule has 1 aliphatic heterocycles. The van der Waals surface area contributed by atoms with E-state index in [1.165, 1.54) is 32.1 Å². The van der Waals surface area contributed by atoms with Gasteiger partial charge in [0.05, 0.1) is 7.11 Å². The fraction of sp³-hybridized carbons (Fsp3) is 0.538. The van der Waals surface area contributed by atoms with Crippen molar-refractivity contribution in [2.75, 3.05) is 25.1 Å². The molecule has 2 rings (SSSR count). The van der Waals surface area contributed by atoms with Gasteiger partial charge in [0, 0.05) is 23.5 Å². The highest BCUT2D eigenvalue weighted by Gasteiger charge is 2.22. The number of nitrogens with one attached hydrogen (secondary N) is 1. The summed E-state index contributed by atoms with van der Waals surface area (Å²) in [4.78, 5) is 0.134. The number of anilines is 1. The Morgan fingerprint density at radius 2 is 2.25 bits per heavy atom. The number of hydrogen-bond donors (Lipinski definition) is 2. The second-order valence-corrected chi connectivity index (χ2v) is 7.89. The average Bonchev–Trinajstić information content (AvgIpc) is 2.46. The number of nitrogen functional groups attached to an aromatic ring is 1. The van der Waals surface area contributed by atoms with Crippen LogP contribution in [0, 0.1) is 0 Å². The Labute approximate surface area is 124 Å². The number of rotatable bonds is 5. The van der Waals surface area contributed by atoms with Crippen LogP contribution in [0.3, 0.4) is 0 Å². The Hall–Kier alpha value is -0.920. The molecule has 1 aromatic rings. The number of sulfonamides is 1. The lowest BCUT2D eigenvalue weighted by Gasteiger charge is -2.21. The lowest BCUT2D eigenvalue weighted by Crippen LogP contribution is -2.32. The molecule has 0 saturated carbocycles. The summed E-state index contributed by atoms with van der Waals surface area (Å²) in [6.07, 6.45) is 3.45. The van der Waals surface area contributed by atoms with Crippen LogP contribution >= 0.6 is 11.8 Å². The van der Waals surface area contributed by atoms with Gasteiger partial charge in [-0.1, -0.05) is 6.42 Å². The molecule has 7 heteroatoms. The third kappa shape index (κ3) is 3.80. The van der Waals surface area contributed by atoms with E-state index in [0.717, 1.165) is 12.2 Å². The molecule has 1 heterocycles. The van der Waals surface area contributed by atoms with Gasteiger partial charge in [0.1, 0.15) is 10.6 Å². The van der Waals surface area contributed by atoms with Crippen molar-refractivity contribution in [3.05, 3.63) is 18.2 Å². The third-order valence-corrected chi connectivity index (χ3v) is 6.11. The van der Waals surface area contributed by atoms with Crippen LogP contribution in [0.15, 0.2) is 23.1 Å². The molecule has 20 heavy (non-hydrogen) atoms. The zero-order valence-corrected chi connectivity index (χ0v) is 13.1. The molecule has 1 aliphatic rings. The molecule has 1 fully saturated rings. The van der Waals surface area contributed by atoms with Crippen LogP contribution in [-0.2, 0) is 10.0 Å². The molecule has 0 aliphatic carbocycles. The van der Waals surface area contributed by atoms with E-state index in [1.54, 1.807) is 6.07 Å². The molecule has 3 N–H and O–H groups in total. The van der Waals surface area contributed by atoms with Crippen LogP contribution in [-0.4, -0.2) is 33.1 Å². The SMILES string of the molecule is COc1cc(N)ccc1S(=O)(=O)NCC1CCCCS1. The first-order valence-electron chi connectivity index (χ1n) is 6.58. The maximum atomic E-state index is 12.3. The number of benzene rings is 1. The van der Waals surface area contributed by atoms with Crippen LogP contribution in [0.4, 0.5) is 5.69 Å². The van der Waals surface area contributed by atoms with Gasteiger partial charge in [-0.05, 0) is 30.7 Å². The highest BCUT2D eigenvalue weighted by molar-refractivity contribution is 8.00. The zero-order valence-electron chi connectivity index (χ0n) is 11.5. The molecule has 0 aromatic heterocycles. The molecule has 5 nitrogen and oxygen atoms in total. The van der Waals surface area contributed by atoms with E-state index in [1.807, 2.05) is 11.8 Å². The molecule has 112 valence electrons. The van der Waals surface area contributed by atoms with Crippen molar-refractivity contribution >= 4 is 27.5 Å². The molecule has 0 radical (unpaired) electrons. The van der Waals surface area contributed by atoms with Gasteiger partial charge in [-0.25, -0.2) is 13.1 Å². The van der Waals surface area contributed by atoms with Crippen molar-refractivity contribution in [2.24, 2.45) is 0 Å². The molecule has 1 aromatic carbocycles. The first-order chi connectivity index (χ1) is 9.53. The monoisotopic (exact) mass is 316 g/mol. The van der Waals surface area contributed by atoms with Crippen molar-refractivity contribution in [1.29, 1.82) is 0 Å². The maximum Gasteiger partial charge on any atom is 0.244 e. The first-order valence-corrected chi connectivity index (χ1v) is 9.11. The van der Waals surface area contributed by atoms with Crippen molar-refractivity contribution < 1.29 is 13.2 Å².